The highest BCUT2D eigenvalue weighted by atomic mass is 32.2. The normalized spacial score (nSPS) is 16.4. The Morgan fingerprint density at radius 3 is 2.63 bits per heavy atom. The van der Waals surface area contributed by atoms with Gasteiger partial charge in [0.25, 0.3) is 0 Å². The standard InChI is InChI=1S/C13H22N4OS/c1-4-10-11(19-3)12(17-13(14-2)16-10)15-9-5-7-18-8-6-9/h9H,4-8H2,1-3H3,(H2,14,15,16,17). The minimum Gasteiger partial charge on any atom is -0.381 e. The second-order valence-corrected chi connectivity index (χ2v) is 5.33. The summed E-state index contributed by atoms with van der Waals surface area (Å²) in [7, 11) is 1.85. The van der Waals surface area contributed by atoms with Crippen LogP contribution < -0.4 is 10.6 Å². The Labute approximate surface area is 118 Å². The van der Waals surface area contributed by atoms with Crippen LogP contribution in [0.4, 0.5) is 11.8 Å². The Kier molecular flexibility index (Phi) is 5.27. The molecule has 5 nitrogen and oxygen atoms in total. The van der Waals surface area contributed by atoms with Crippen molar-refractivity contribution in [1.29, 1.82) is 0 Å². The van der Waals surface area contributed by atoms with Crippen LogP contribution in [0.15, 0.2) is 4.90 Å². The fraction of sp³-hybridized carbons (Fsp3) is 0.692. The monoisotopic (exact) mass is 282 g/mol. The summed E-state index contributed by atoms with van der Waals surface area (Å²) in [4.78, 5) is 10.3. The number of aryl methyl sites for hydroxylation is 1. The molecule has 1 saturated heterocycles. The van der Waals surface area contributed by atoms with Crippen molar-refractivity contribution in [2.24, 2.45) is 0 Å². The van der Waals surface area contributed by atoms with Crippen molar-refractivity contribution in [3.63, 3.8) is 0 Å². The lowest BCUT2D eigenvalue weighted by Crippen LogP contribution is -2.28. The fourth-order valence-corrected chi connectivity index (χ4v) is 2.92. The quantitative estimate of drug-likeness (QED) is 0.809. The van der Waals surface area contributed by atoms with Gasteiger partial charge in [0.2, 0.25) is 5.95 Å². The SMILES string of the molecule is CCc1nc(NC)nc(NC2CCOCC2)c1SC. The molecule has 0 bridgehead atoms. The molecule has 0 aliphatic carbocycles. The number of ether oxygens (including phenoxy) is 1. The minimum absolute atomic E-state index is 0.448. The van der Waals surface area contributed by atoms with Crippen molar-refractivity contribution in [1.82, 2.24) is 9.97 Å². The lowest BCUT2D eigenvalue weighted by molar-refractivity contribution is 0.0903. The molecule has 0 spiro atoms. The van der Waals surface area contributed by atoms with E-state index in [1.54, 1.807) is 11.8 Å². The molecule has 1 aromatic heterocycles. The maximum absolute atomic E-state index is 5.39. The van der Waals surface area contributed by atoms with E-state index in [4.69, 9.17) is 4.74 Å². The van der Waals surface area contributed by atoms with Crippen molar-refractivity contribution in [2.45, 2.75) is 37.1 Å². The molecule has 106 valence electrons. The molecule has 19 heavy (non-hydrogen) atoms. The summed E-state index contributed by atoms with van der Waals surface area (Å²) in [5.74, 6) is 1.64. The van der Waals surface area contributed by atoms with Crippen molar-refractivity contribution in [2.75, 3.05) is 37.2 Å². The second-order valence-electron chi connectivity index (χ2n) is 4.51. The summed E-state index contributed by atoms with van der Waals surface area (Å²) in [6.45, 7) is 3.79. The van der Waals surface area contributed by atoms with Crippen LogP contribution in [-0.4, -0.2) is 42.5 Å². The number of nitrogens with one attached hydrogen (secondary N) is 2. The zero-order valence-corrected chi connectivity index (χ0v) is 12.6. The Morgan fingerprint density at radius 2 is 2.05 bits per heavy atom. The van der Waals surface area contributed by atoms with Gasteiger partial charge in [-0.25, -0.2) is 4.98 Å². The van der Waals surface area contributed by atoms with Gasteiger partial charge in [-0.3, -0.25) is 0 Å². The summed E-state index contributed by atoms with van der Waals surface area (Å²) < 4.78 is 5.39. The molecule has 0 aromatic carbocycles. The van der Waals surface area contributed by atoms with Crippen LogP contribution in [0.5, 0.6) is 0 Å². The van der Waals surface area contributed by atoms with E-state index in [1.807, 2.05) is 7.05 Å². The van der Waals surface area contributed by atoms with Crippen LogP contribution >= 0.6 is 11.8 Å². The Morgan fingerprint density at radius 1 is 1.32 bits per heavy atom. The molecule has 2 N–H and O–H groups in total. The van der Waals surface area contributed by atoms with Crippen LogP contribution in [0.3, 0.4) is 0 Å². The Hall–Kier alpha value is -1.01. The molecule has 0 saturated carbocycles. The molecule has 1 aliphatic rings. The summed E-state index contributed by atoms with van der Waals surface area (Å²) in [6.07, 6.45) is 5.06. The summed E-state index contributed by atoms with van der Waals surface area (Å²) in [6, 6.07) is 0.448. The lowest BCUT2D eigenvalue weighted by Gasteiger charge is -2.25. The lowest BCUT2D eigenvalue weighted by atomic mass is 10.1. The minimum atomic E-state index is 0.448. The zero-order valence-electron chi connectivity index (χ0n) is 11.8. The van der Waals surface area contributed by atoms with E-state index in [-0.39, 0.29) is 0 Å². The van der Waals surface area contributed by atoms with E-state index >= 15 is 0 Å². The first-order chi connectivity index (χ1) is 9.28. The van der Waals surface area contributed by atoms with Crippen molar-refractivity contribution < 1.29 is 4.74 Å². The van der Waals surface area contributed by atoms with Crippen LogP contribution in [-0.2, 0) is 11.2 Å². The van der Waals surface area contributed by atoms with Gasteiger partial charge >= 0.3 is 0 Å². The predicted molar refractivity (Wildman–Crippen MR) is 80.2 cm³/mol. The number of hydrogen-bond acceptors (Lipinski definition) is 6. The van der Waals surface area contributed by atoms with Crippen LogP contribution in [0.2, 0.25) is 0 Å². The third-order valence-electron chi connectivity index (χ3n) is 3.26. The molecule has 0 amide bonds. The highest BCUT2D eigenvalue weighted by Gasteiger charge is 2.18. The van der Waals surface area contributed by atoms with Crippen LogP contribution in [0.25, 0.3) is 0 Å². The largest absolute Gasteiger partial charge is 0.381 e. The first kappa shape index (κ1) is 14.4. The maximum Gasteiger partial charge on any atom is 0.224 e. The van der Waals surface area contributed by atoms with Gasteiger partial charge in [0, 0.05) is 26.3 Å². The second kappa shape index (κ2) is 6.96. The topological polar surface area (TPSA) is 59.1 Å². The molecule has 1 aliphatic heterocycles. The molecule has 6 heteroatoms. The Balaban J connectivity index is 2.25. The van der Waals surface area contributed by atoms with Gasteiger partial charge in [0.05, 0.1) is 10.6 Å². The molecule has 0 atom stereocenters. The number of anilines is 2. The average Bonchev–Trinajstić information content (AvgIpc) is 2.47. The third-order valence-corrected chi connectivity index (χ3v) is 4.10. The summed E-state index contributed by atoms with van der Waals surface area (Å²) in [5.41, 5.74) is 1.10. The van der Waals surface area contributed by atoms with Crippen molar-refractivity contribution in [3.05, 3.63) is 5.69 Å². The number of aromatic nitrogens is 2. The molecular formula is C13H22N4OS. The van der Waals surface area contributed by atoms with E-state index in [2.05, 4.69) is 33.8 Å². The molecular weight excluding hydrogens is 260 g/mol. The van der Waals surface area contributed by atoms with E-state index < -0.39 is 0 Å². The van der Waals surface area contributed by atoms with Gasteiger partial charge in [-0.2, -0.15) is 4.98 Å². The molecule has 1 aromatic rings. The van der Waals surface area contributed by atoms with E-state index in [1.165, 1.54) is 0 Å². The first-order valence-electron chi connectivity index (χ1n) is 6.75. The van der Waals surface area contributed by atoms with Gasteiger partial charge in [0.1, 0.15) is 5.82 Å². The van der Waals surface area contributed by atoms with Gasteiger partial charge < -0.3 is 15.4 Å². The van der Waals surface area contributed by atoms with E-state index in [9.17, 15) is 0 Å². The predicted octanol–water partition coefficient (Wildman–Crippen LogP) is 2.39. The van der Waals surface area contributed by atoms with Crippen molar-refractivity contribution >= 4 is 23.5 Å². The smallest absolute Gasteiger partial charge is 0.224 e. The summed E-state index contributed by atoms with van der Waals surface area (Å²) in [5, 5.41) is 6.59. The molecule has 2 heterocycles. The molecule has 2 rings (SSSR count). The third kappa shape index (κ3) is 3.51. The maximum atomic E-state index is 5.39. The first-order valence-corrected chi connectivity index (χ1v) is 7.97. The van der Waals surface area contributed by atoms with E-state index in [0.29, 0.717) is 12.0 Å². The van der Waals surface area contributed by atoms with Gasteiger partial charge in [-0.1, -0.05) is 6.92 Å². The van der Waals surface area contributed by atoms with Crippen LogP contribution in [0.1, 0.15) is 25.5 Å². The number of thioether (sulfide) groups is 1. The van der Waals surface area contributed by atoms with Crippen molar-refractivity contribution in [3.8, 4) is 0 Å². The fourth-order valence-electron chi connectivity index (χ4n) is 2.20. The number of nitrogens with zero attached hydrogens (tertiary/aromatic N) is 2. The zero-order chi connectivity index (χ0) is 13.7. The summed E-state index contributed by atoms with van der Waals surface area (Å²) >= 11 is 1.71. The number of rotatable bonds is 5. The number of hydrogen-bond donors (Lipinski definition) is 2. The molecule has 1 fully saturated rings. The van der Waals surface area contributed by atoms with Gasteiger partial charge in [-0.05, 0) is 25.5 Å². The highest BCUT2D eigenvalue weighted by molar-refractivity contribution is 7.98. The average molecular weight is 282 g/mol. The van der Waals surface area contributed by atoms with Gasteiger partial charge in [0.15, 0.2) is 0 Å². The molecule has 0 unspecified atom stereocenters. The Bertz CT molecular complexity index is 421. The van der Waals surface area contributed by atoms with Crippen LogP contribution in [0, 0.1) is 0 Å². The van der Waals surface area contributed by atoms with Gasteiger partial charge in [-0.15, -0.1) is 11.8 Å². The van der Waals surface area contributed by atoms with E-state index in [0.717, 1.165) is 48.9 Å². The highest BCUT2D eigenvalue weighted by Crippen LogP contribution is 2.29. The molecule has 0 radical (unpaired) electrons.